The zero-order valence-corrected chi connectivity index (χ0v) is 12.3. The summed E-state index contributed by atoms with van der Waals surface area (Å²) in [4.78, 5) is 1.54. The minimum atomic E-state index is -3.60. The highest BCUT2D eigenvalue weighted by Gasteiger charge is 2.19. The molecule has 0 radical (unpaired) electrons. The molecule has 0 spiro atoms. The van der Waals surface area contributed by atoms with Crippen LogP contribution in [0.25, 0.3) is 0 Å². The Morgan fingerprint density at radius 1 is 1.26 bits per heavy atom. The predicted molar refractivity (Wildman–Crippen MR) is 77.0 cm³/mol. The van der Waals surface area contributed by atoms with E-state index in [1.165, 1.54) is 17.4 Å². The van der Waals surface area contributed by atoms with Gasteiger partial charge in [-0.1, -0.05) is 12.1 Å². The predicted octanol–water partition coefficient (Wildman–Crippen LogP) is 2.66. The van der Waals surface area contributed by atoms with Crippen molar-refractivity contribution in [2.45, 2.75) is 25.3 Å². The lowest BCUT2D eigenvalue weighted by Gasteiger charge is -2.08. The van der Waals surface area contributed by atoms with Crippen molar-refractivity contribution in [3.63, 3.8) is 0 Å². The van der Waals surface area contributed by atoms with E-state index in [-0.39, 0.29) is 11.5 Å². The third kappa shape index (κ3) is 3.15. The average Bonchev–Trinajstić information content (AvgIpc) is 2.71. The van der Waals surface area contributed by atoms with Crippen LogP contribution in [0.2, 0.25) is 0 Å². The van der Waals surface area contributed by atoms with Gasteiger partial charge >= 0.3 is 0 Å². The number of anilines is 1. The molecule has 19 heavy (non-hydrogen) atoms. The van der Waals surface area contributed by atoms with E-state index < -0.39 is 10.0 Å². The molecule has 0 unspecified atom stereocenters. The van der Waals surface area contributed by atoms with Crippen molar-refractivity contribution in [3.8, 4) is 0 Å². The first-order chi connectivity index (χ1) is 8.92. The molecule has 6 heteroatoms. The number of hydrogen-bond acceptors (Lipinski definition) is 4. The van der Waals surface area contributed by atoms with Crippen LogP contribution in [-0.4, -0.2) is 13.5 Å². The molecule has 0 bridgehead atoms. The van der Waals surface area contributed by atoms with E-state index in [1.807, 2.05) is 13.0 Å². The number of aliphatic hydroxyl groups excluding tert-OH is 1. The van der Waals surface area contributed by atoms with Gasteiger partial charge in [0.25, 0.3) is 10.0 Å². The van der Waals surface area contributed by atoms with Gasteiger partial charge in [0.2, 0.25) is 0 Å². The van der Waals surface area contributed by atoms with Gasteiger partial charge in [-0.2, -0.15) is 0 Å². The quantitative estimate of drug-likeness (QED) is 0.911. The summed E-state index contributed by atoms with van der Waals surface area (Å²) in [6, 6.07) is 8.69. The van der Waals surface area contributed by atoms with Gasteiger partial charge in [-0.3, -0.25) is 4.72 Å². The molecule has 0 saturated carbocycles. The summed E-state index contributed by atoms with van der Waals surface area (Å²) in [5, 5.41) is 9.06. The Morgan fingerprint density at radius 3 is 2.58 bits per heavy atom. The topological polar surface area (TPSA) is 66.4 Å². The number of thiophene rings is 1. The second-order valence-electron chi connectivity index (χ2n) is 4.27. The summed E-state index contributed by atoms with van der Waals surface area (Å²) in [6.45, 7) is 3.48. The van der Waals surface area contributed by atoms with Crippen LogP contribution in [0.15, 0.2) is 35.2 Å². The summed E-state index contributed by atoms with van der Waals surface area (Å²) in [6.07, 6.45) is 0. The first-order valence-corrected chi connectivity index (χ1v) is 8.02. The van der Waals surface area contributed by atoms with Crippen LogP contribution in [0.5, 0.6) is 0 Å². The number of aryl methyl sites for hydroxylation is 2. The van der Waals surface area contributed by atoms with E-state index in [0.29, 0.717) is 15.4 Å². The van der Waals surface area contributed by atoms with Gasteiger partial charge in [0.05, 0.1) is 6.61 Å². The molecule has 1 aromatic carbocycles. The first kappa shape index (κ1) is 14.0. The molecule has 1 heterocycles. The Morgan fingerprint density at radius 2 is 2.00 bits per heavy atom. The molecule has 0 atom stereocenters. The lowest BCUT2D eigenvalue weighted by Crippen LogP contribution is -2.13. The molecule has 4 nitrogen and oxygen atoms in total. The van der Waals surface area contributed by atoms with Crippen LogP contribution in [0.3, 0.4) is 0 Å². The third-order valence-corrected chi connectivity index (χ3v) is 5.31. The molecule has 0 aliphatic carbocycles. The Bertz CT molecular complexity index is 690. The van der Waals surface area contributed by atoms with Gasteiger partial charge in [0, 0.05) is 15.4 Å². The van der Waals surface area contributed by atoms with E-state index in [9.17, 15) is 8.42 Å². The van der Waals surface area contributed by atoms with Crippen molar-refractivity contribution >= 4 is 27.0 Å². The van der Waals surface area contributed by atoms with Gasteiger partial charge in [0.1, 0.15) is 4.90 Å². The van der Waals surface area contributed by atoms with Gasteiger partial charge < -0.3 is 5.11 Å². The van der Waals surface area contributed by atoms with E-state index in [2.05, 4.69) is 4.72 Å². The third-order valence-electron chi connectivity index (χ3n) is 2.64. The molecule has 2 N–H and O–H groups in total. The summed E-state index contributed by atoms with van der Waals surface area (Å²) in [7, 11) is -3.60. The fraction of sp³-hybridized carbons (Fsp3) is 0.231. The SMILES string of the molecule is Cc1cccc(NS(=O)(=O)c2cc(CO)sc2C)c1. The number of nitrogens with one attached hydrogen (secondary N) is 1. The maximum absolute atomic E-state index is 12.3. The second kappa shape index (κ2) is 5.32. The van der Waals surface area contributed by atoms with Gasteiger partial charge in [0.15, 0.2) is 0 Å². The standard InChI is InChI=1S/C13H15NO3S2/c1-9-4-3-5-11(6-9)14-19(16,17)13-7-12(8-15)18-10(13)2/h3-7,14-15H,8H2,1-2H3. The Balaban J connectivity index is 2.34. The Labute approximate surface area is 116 Å². The monoisotopic (exact) mass is 297 g/mol. The molecule has 2 aromatic rings. The van der Waals surface area contributed by atoms with Crippen LogP contribution in [0.4, 0.5) is 5.69 Å². The highest BCUT2D eigenvalue weighted by Crippen LogP contribution is 2.27. The van der Waals surface area contributed by atoms with Crippen molar-refractivity contribution in [2.24, 2.45) is 0 Å². The van der Waals surface area contributed by atoms with E-state index in [0.717, 1.165) is 5.56 Å². The van der Waals surface area contributed by atoms with Gasteiger partial charge in [-0.15, -0.1) is 11.3 Å². The maximum atomic E-state index is 12.3. The van der Waals surface area contributed by atoms with E-state index in [4.69, 9.17) is 5.11 Å². The maximum Gasteiger partial charge on any atom is 0.263 e. The molecule has 1 aromatic heterocycles. The molecule has 0 saturated heterocycles. The molecule has 0 aliphatic rings. The van der Waals surface area contributed by atoms with Crippen molar-refractivity contribution < 1.29 is 13.5 Å². The second-order valence-corrected chi connectivity index (χ2v) is 7.26. The van der Waals surface area contributed by atoms with Crippen LogP contribution >= 0.6 is 11.3 Å². The number of hydrogen-bond donors (Lipinski definition) is 2. The minimum Gasteiger partial charge on any atom is -0.391 e. The van der Waals surface area contributed by atoms with Gasteiger partial charge in [-0.05, 0) is 37.6 Å². The van der Waals surface area contributed by atoms with Crippen LogP contribution in [-0.2, 0) is 16.6 Å². The summed E-state index contributed by atoms with van der Waals surface area (Å²) in [5.74, 6) is 0. The fourth-order valence-corrected chi connectivity index (χ4v) is 4.33. The molecule has 102 valence electrons. The van der Waals surface area contributed by atoms with Crippen LogP contribution in [0, 0.1) is 13.8 Å². The van der Waals surface area contributed by atoms with Crippen LogP contribution < -0.4 is 4.72 Å². The first-order valence-electron chi connectivity index (χ1n) is 5.72. The normalized spacial score (nSPS) is 11.5. The van der Waals surface area contributed by atoms with Gasteiger partial charge in [-0.25, -0.2) is 8.42 Å². The molecule has 2 rings (SSSR count). The van der Waals surface area contributed by atoms with Crippen molar-refractivity contribution in [2.75, 3.05) is 4.72 Å². The summed E-state index contributed by atoms with van der Waals surface area (Å²) < 4.78 is 27.1. The average molecular weight is 297 g/mol. The summed E-state index contributed by atoms with van der Waals surface area (Å²) in [5.41, 5.74) is 1.52. The zero-order valence-electron chi connectivity index (χ0n) is 10.7. The Kier molecular flexibility index (Phi) is 3.93. The largest absolute Gasteiger partial charge is 0.391 e. The minimum absolute atomic E-state index is 0.147. The number of benzene rings is 1. The smallest absolute Gasteiger partial charge is 0.263 e. The van der Waals surface area contributed by atoms with E-state index in [1.54, 1.807) is 25.1 Å². The lowest BCUT2D eigenvalue weighted by molar-refractivity contribution is 0.285. The molecule has 0 fully saturated rings. The number of sulfonamides is 1. The van der Waals surface area contributed by atoms with Crippen molar-refractivity contribution in [3.05, 3.63) is 45.6 Å². The molecule has 0 aliphatic heterocycles. The Hall–Kier alpha value is -1.37. The zero-order chi connectivity index (χ0) is 14.0. The lowest BCUT2D eigenvalue weighted by atomic mass is 10.2. The van der Waals surface area contributed by atoms with Crippen LogP contribution in [0.1, 0.15) is 15.3 Å². The molecule has 0 amide bonds. The highest BCUT2D eigenvalue weighted by atomic mass is 32.2. The molecular formula is C13H15NO3S2. The highest BCUT2D eigenvalue weighted by molar-refractivity contribution is 7.93. The fourth-order valence-electron chi connectivity index (χ4n) is 1.79. The summed E-state index contributed by atoms with van der Waals surface area (Å²) >= 11 is 1.29. The molecular weight excluding hydrogens is 282 g/mol. The van der Waals surface area contributed by atoms with Crippen molar-refractivity contribution in [1.29, 1.82) is 0 Å². The number of rotatable bonds is 4. The number of aliphatic hydroxyl groups is 1. The van der Waals surface area contributed by atoms with Crippen molar-refractivity contribution in [1.82, 2.24) is 0 Å². The van der Waals surface area contributed by atoms with E-state index >= 15 is 0 Å².